The highest BCUT2D eigenvalue weighted by molar-refractivity contribution is 5.52. The van der Waals surface area contributed by atoms with Crippen LogP contribution < -0.4 is 10.1 Å². The molecule has 1 N–H and O–H groups in total. The van der Waals surface area contributed by atoms with Crippen LogP contribution in [0, 0.1) is 0 Å². The van der Waals surface area contributed by atoms with Gasteiger partial charge in [0, 0.05) is 12.1 Å². The van der Waals surface area contributed by atoms with Crippen LogP contribution in [0.3, 0.4) is 0 Å². The molecule has 1 rings (SSSR count). The van der Waals surface area contributed by atoms with E-state index in [0.717, 1.165) is 24.0 Å². The van der Waals surface area contributed by atoms with Gasteiger partial charge in [0.2, 0.25) is 0 Å². The maximum absolute atomic E-state index is 10.2. The van der Waals surface area contributed by atoms with Crippen molar-refractivity contribution in [2.24, 2.45) is 0 Å². The van der Waals surface area contributed by atoms with Crippen LogP contribution in [0.5, 0.6) is 5.75 Å². The van der Waals surface area contributed by atoms with Gasteiger partial charge in [-0.25, -0.2) is 0 Å². The Hall–Kier alpha value is -1.35. The van der Waals surface area contributed by atoms with E-state index in [1.807, 2.05) is 6.07 Å². The second-order valence-corrected chi connectivity index (χ2v) is 3.30. The number of methoxy groups -OCH3 is 1. The smallest absolute Gasteiger partial charge is 0.133 e. The summed E-state index contributed by atoms with van der Waals surface area (Å²) in [6.45, 7) is 3.15. The van der Waals surface area contributed by atoms with Gasteiger partial charge in [-0.05, 0) is 18.1 Å². The SMILES string of the molecule is CCc1ccc(OC)c(CNCC=O)c1. The van der Waals surface area contributed by atoms with E-state index in [4.69, 9.17) is 4.74 Å². The zero-order chi connectivity index (χ0) is 11.1. The van der Waals surface area contributed by atoms with Crippen LogP contribution in [-0.4, -0.2) is 19.9 Å². The lowest BCUT2D eigenvalue weighted by molar-refractivity contribution is -0.107. The van der Waals surface area contributed by atoms with Gasteiger partial charge in [0.05, 0.1) is 13.7 Å². The quantitative estimate of drug-likeness (QED) is 0.568. The van der Waals surface area contributed by atoms with Crippen molar-refractivity contribution in [2.45, 2.75) is 19.9 Å². The lowest BCUT2D eigenvalue weighted by atomic mass is 10.1. The van der Waals surface area contributed by atoms with Gasteiger partial charge >= 0.3 is 0 Å². The van der Waals surface area contributed by atoms with Crippen molar-refractivity contribution in [3.05, 3.63) is 29.3 Å². The summed E-state index contributed by atoms with van der Waals surface area (Å²) < 4.78 is 5.25. The first-order chi connectivity index (χ1) is 7.31. The Bertz CT molecular complexity index is 323. The Labute approximate surface area is 90.4 Å². The third kappa shape index (κ3) is 3.36. The second-order valence-electron chi connectivity index (χ2n) is 3.30. The zero-order valence-corrected chi connectivity index (χ0v) is 9.25. The normalized spacial score (nSPS) is 10.0. The minimum Gasteiger partial charge on any atom is -0.496 e. The van der Waals surface area contributed by atoms with Crippen LogP contribution in [0.4, 0.5) is 0 Å². The van der Waals surface area contributed by atoms with Gasteiger partial charge in [0.1, 0.15) is 12.0 Å². The molecule has 15 heavy (non-hydrogen) atoms. The molecule has 0 unspecified atom stereocenters. The molecule has 0 fully saturated rings. The van der Waals surface area contributed by atoms with Gasteiger partial charge in [0.15, 0.2) is 0 Å². The molecule has 3 heteroatoms. The Morgan fingerprint density at radius 1 is 1.47 bits per heavy atom. The predicted molar refractivity (Wildman–Crippen MR) is 60.1 cm³/mol. The molecule has 0 atom stereocenters. The van der Waals surface area contributed by atoms with Crippen LogP contribution in [0.2, 0.25) is 0 Å². The number of ether oxygens (including phenoxy) is 1. The van der Waals surface area contributed by atoms with Crippen LogP contribution in [0.1, 0.15) is 18.1 Å². The fraction of sp³-hybridized carbons (Fsp3) is 0.417. The standard InChI is InChI=1S/C12H17NO2/c1-3-10-4-5-12(15-2)11(8-10)9-13-6-7-14/h4-5,7-8,13H,3,6,9H2,1-2H3. The maximum atomic E-state index is 10.2. The van der Waals surface area contributed by atoms with Crippen molar-refractivity contribution in [3.8, 4) is 5.75 Å². The average Bonchev–Trinajstić information content (AvgIpc) is 2.29. The van der Waals surface area contributed by atoms with Crippen molar-refractivity contribution < 1.29 is 9.53 Å². The molecule has 0 aliphatic rings. The largest absolute Gasteiger partial charge is 0.496 e. The minimum absolute atomic E-state index is 0.375. The molecule has 0 saturated carbocycles. The summed E-state index contributed by atoms with van der Waals surface area (Å²) in [7, 11) is 1.66. The summed E-state index contributed by atoms with van der Waals surface area (Å²) in [5.41, 5.74) is 2.37. The van der Waals surface area contributed by atoms with Crippen LogP contribution in [0.15, 0.2) is 18.2 Å². The molecule has 0 radical (unpaired) electrons. The fourth-order valence-corrected chi connectivity index (χ4v) is 1.46. The first-order valence-corrected chi connectivity index (χ1v) is 5.12. The first-order valence-electron chi connectivity index (χ1n) is 5.12. The summed E-state index contributed by atoms with van der Waals surface area (Å²) >= 11 is 0. The number of hydrogen-bond donors (Lipinski definition) is 1. The van der Waals surface area contributed by atoms with Crippen molar-refractivity contribution in [1.82, 2.24) is 5.32 Å². The molecule has 0 saturated heterocycles. The molecule has 0 aliphatic carbocycles. The number of nitrogens with one attached hydrogen (secondary N) is 1. The third-order valence-corrected chi connectivity index (χ3v) is 2.30. The summed E-state index contributed by atoms with van der Waals surface area (Å²) in [4.78, 5) is 10.2. The monoisotopic (exact) mass is 207 g/mol. The van der Waals surface area contributed by atoms with Gasteiger partial charge in [-0.15, -0.1) is 0 Å². The zero-order valence-electron chi connectivity index (χ0n) is 9.25. The molecule has 1 aromatic carbocycles. The molecule has 1 aromatic rings. The second kappa shape index (κ2) is 6.19. The van der Waals surface area contributed by atoms with Gasteiger partial charge < -0.3 is 14.8 Å². The Morgan fingerprint density at radius 2 is 2.27 bits per heavy atom. The predicted octanol–water partition coefficient (Wildman–Crippen LogP) is 1.55. The summed E-state index contributed by atoms with van der Waals surface area (Å²) in [6, 6.07) is 6.13. The molecule has 0 spiro atoms. The fourth-order valence-electron chi connectivity index (χ4n) is 1.46. The lowest BCUT2D eigenvalue weighted by Crippen LogP contribution is -2.16. The van der Waals surface area contributed by atoms with E-state index in [1.165, 1.54) is 5.56 Å². The number of carbonyl (C=O) groups is 1. The Morgan fingerprint density at radius 3 is 2.87 bits per heavy atom. The Balaban J connectivity index is 2.76. The van der Waals surface area contributed by atoms with Crippen LogP contribution >= 0.6 is 0 Å². The maximum Gasteiger partial charge on any atom is 0.133 e. The molecule has 82 valence electrons. The van der Waals surface area contributed by atoms with E-state index in [9.17, 15) is 4.79 Å². The van der Waals surface area contributed by atoms with Gasteiger partial charge in [-0.1, -0.05) is 19.1 Å². The summed E-state index contributed by atoms with van der Waals surface area (Å²) in [5.74, 6) is 0.866. The number of rotatable bonds is 6. The van der Waals surface area contributed by atoms with Gasteiger partial charge in [-0.2, -0.15) is 0 Å². The lowest BCUT2D eigenvalue weighted by Gasteiger charge is -2.10. The molecule has 0 bridgehead atoms. The van der Waals surface area contributed by atoms with Crippen molar-refractivity contribution in [2.75, 3.05) is 13.7 Å². The molecule has 0 amide bonds. The molecular weight excluding hydrogens is 190 g/mol. The molecular formula is C12H17NO2. The van der Waals surface area contributed by atoms with Crippen molar-refractivity contribution >= 4 is 6.29 Å². The topological polar surface area (TPSA) is 38.3 Å². The average molecular weight is 207 g/mol. The van der Waals surface area contributed by atoms with Crippen LogP contribution in [0.25, 0.3) is 0 Å². The number of carbonyl (C=O) groups excluding carboxylic acids is 1. The molecule has 3 nitrogen and oxygen atoms in total. The van der Waals surface area contributed by atoms with E-state index in [-0.39, 0.29) is 0 Å². The van der Waals surface area contributed by atoms with Crippen LogP contribution in [-0.2, 0) is 17.8 Å². The number of benzene rings is 1. The number of hydrogen-bond acceptors (Lipinski definition) is 3. The highest BCUT2D eigenvalue weighted by Crippen LogP contribution is 2.19. The van der Waals surface area contributed by atoms with E-state index in [1.54, 1.807) is 7.11 Å². The summed E-state index contributed by atoms with van der Waals surface area (Å²) in [5, 5.41) is 3.03. The van der Waals surface area contributed by atoms with E-state index < -0.39 is 0 Å². The van der Waals surface area contributed by atoms with Crippen molar-refractivity contribution in [1.29, 1.82) is 0 Å². The first kappa shape index (κ1) is 11.7. The highest BCUT2D eigenvalue weighted by atomic mass is 16.5. The third-order valence-electron chi connectivity index (χ3n) is 2.30. The van der Waals surface area contributed by atoms with Gasteiger partial charge in [-0.3, -0.25) is 0 Å². The molecule has 0 heterocycles. The van der Waals surface area contributed by atoms with E-state index in [2.05, 4.69) is 24.4 Å². The van der Waals surface area contributed by atoms with Crippen molar-refractivity contribution in [3.63, 3.8) is 0 Å². The number of aldehydes is 1. The highest BCUT2D eigenvalue weighted by Gasteiger charge is 2.02. The summed E-state index contributed by atoms with van der Waals surface area (Å²) in [6.07, 6.45) is 1.86. The molecule has 0 aromatic heterocycles. The molecule has 0 aliphatic heterocycles. The van der Waals surface area contributed by atoms with Gasteiger partial charge in [0.25, 0.3) is 0 Å². The number of aryl methyl sites for hydroxylation is 1. The Kier molecular flexibility index (Phi) is 4.84. The van der Waals surface area contributed by atoms with E-state index >= 15 is 0 Å². The minimum atomic E-state index is 0.375. The van der Waals surface area contributed by atoms with E-state index in [0.29, 0.717) is 13.1 Å².